The molecule has 1 aromatic heterocycles. The Hall–Kier alpha value is -0.190. The number of alkyl halides is 1. The van der Waals surface area contributed by atoms with E-state index in [9.17, 15) is 0 Å². The minimum Gasteiger partial charge on any atom is -0.291 e. The van der Waals surface area contributed by atoms with Gasteiger partial charge in [-0.25, -0.2) is 0 Å². The molecule has 2 heterocycles. The van der Waals surface area contributed by atoms with Crippen LogP contribution >= 0.6 is 23.3 Å². The van der Waals surface area contributed by atoms with Crippen LogP contribution in [0.4, 0.5) is 0 Å². The summed E-state index contributed by atoms with van der Waals surface area (Å²) in [4.78, 5) is 2.38. The molecule has 1 saturated heterocycles. The van der Waals surface area contributed by atoms with E-state index >= 15 is 0 Å². The van der Waals surface area contributed by atoms with Crippen LogP contribution in [0.3, 0.4) is 0 Å². The zero-order chi connectivity index (χ0) is 10.2. The van der Waals surface area contributed by atoms with Crippen molar-refractivity contribution in [2.75, 3.05) is 6.54 Å². The quantitative estimate of drug-likeness (QED) is 0.731. The molecule has 78 valence electrons. The molecule has 0 bridgehead atoms. The molecule has 0 saturated carbocycles. The number of hydrogen-bond donors (Lipinski definition) is 0. The fourth-order valence-corrected chi connectivity index (χ4v) is 2.50. The minimum atomic E-state index is 0.0746. The second-order valence-electron chi connectivity index (χ2n) is 4.23. The van der Waals surface area contributed by atoms with Crippen molar-refractivity contribution >= 4 is 23.3 Å². The molecular formula is C9H14ClN3S. The Labute approximate surface area is 93.4 Å². The molecule has 5 heteroatoms. The lowest BCUT2D eigenvalue weighted by Crippen LogP contribution is -2.42. The van der Waals surface area contributed by atoms with E-state index in [1.165, 1.54) is 11.7 Å². The van der Waals surface area contributed by atoms with Gasteiger partial charge in [0, 0.05) is 18.6 Å². The summed E-state index contributed by atoms with van der Waals surface area (Å²) < 4.78 is 8.22. The molecule has 0 aliphatic carbocycles. The predicted molar refractivity (Wildman–Crippen MR) is 58.7 cm³/mol. The van der Waals surface area contributed by atoms with E-state index < -0.39 is 0 Å². The summed E-state index contributed by atoms with van der Waals surface area (Å²) >= 11 is 7.53. The maximum absolute atomic E-state index is 6.26. The third-order valence-corrected chi connectivity index (χ3v) is 4.26. The van der Waals surface area contributed by atoms with Gasteiger partial charge in [-0.2, -0.15) is 8.75 Å². The van der Waals surface area contributed by atoms with Crippen molar-refractivity contribution in [2.45, 2.75) is 37.7 Å². The average molecular weight is 232 g/mol. The van der Waals surface area contributed by atoms with Gasteiger partial charge in [0.1, 0.15) is 0 Å². The first-order valence-corrected chi connectivity index (χ1v) is 5.93. The summed E-state index contributed by atoms with van der Waals surface area (Å²) in [5, 5.41) is 0.245. The van der Waals surface area contributed by atoms with E-state index in [4.69, 9.17) is 11.6 Å². The second-order valence-corrected chi connectivity index (χ2v) is 5.31. The number of nitrogens with zero attached hydrogens (tertiary/aromatic N) is 3. The first kappa shape index (κ1) is 10.3. The first-order chi connectivity index (χ1) is 6.60. The van der Waals surface area contributed by atoms with E-state index in [1.807, 2.05) is 6.20 Å². The topological polar surface area (TPSA) is 29.0 Å². The molecule has 1 aromatic rings. The van der Waals surface area contributed by atoms with Crippen LogP contribution in [-0.4, -0.2) is 31.1 Å². The van der Waals surface area contributed by atoms with Crippen LogP contribution in [0.2, 0.25) is 0 Å². The summed E-state index contributed by atoms with van der Waals surface area (Å²) in [6.45, 7) is 6.31. The molecule has 0 spiro atoms. The normalized spacial score (nSPS) is 26.9. The molecule has 3 nitrogen and oxygen atoms in total. The van der Waals surface area contributed by atoms with Gasteiger partial charge in [-0.05, 0) is 20.3 Å². The van der Waals surface area contributed by atoms with Crippen LogP contribution in [0.5, 0.6) is 0 Å². The van der Waals surface area contributed by atoms with Gasteiger partial charge in [0.05, 0.1) is 29.0 Å². The van der Waals surface area contributed by atoms with E-state index in [2.05, 4.69) is 27.5 Å². The highest BCUT2D eigenvalue weighted by atomic mass is 35.5. The number of aromatic nitrogens is 2. The smallest absolute Gasteiger partial charge is 0.0883 e. The van der Waals surface area contributed by atoms with E-state index in [-0.39, 0.29) is 10.9 Å². The van der Waals surface area contributed by atoms with Crippen molar-refractivity contribution in [3.05, 3.63) is 11.9 Å². The van der Waals surface area contributed by atoms with E-state index in [0.717, 1.165) is 25.2 Å². The molecule has 1 atom stereocenters. The zero-order valence-corrected chi connectivity index (χ0v) is 9.98. The maximum atomic E-state index is 6.26. The lowest BCUT2D eigenvalue weighted by molar-refractivity contribution is 0.167. The van der Waals surface area contributed by atoms with Crippen LogP contribution in [-0.2, 0) is 6.54 Å². The number of rotatable bonds is 2. The second kappa shape index (κ2) is 3.76. The molecule has 1 unspecified atom stereocenters. The Morgan fingerprint density at radius 1 is 1.71 bits per heavy atom. The Morgan fingerprint density at radius 2 is 2.50 bits per heavy atom. The van der Waals surface area contributed by atoms with Crippen molar-refractivity contribution in [1.29, 1.82) is 0 Å². The Kier molecular flexibility index (Phi) is 2.77. The number of halogens is 1. The molecule has 0 N–H and O–H groups in total. The summed E-state index contributed by atoms with van der Waals surface area (Å²) in [7, 11) is 0. The summed E-state index contributed by atoms with van der Waals surface area (Å²) in [6.07, 6.45) is 2.90. The predicted octanol–water partition coefficient (Wildman–Crippen LogP) is 2.13. The Bertz CT molecular complexity index is 299. The van der Waals surface area contributed by atoms with Crippen LogP contribution < -0.4 is 0 Å². The van der Waals surface area contributed by atoms with Crippen molar-refractivity contribution in [3.8, 4) is 0 Å². The third-order valence-electron chi connectivity index (χ3n) is 2.99. The number of hydrogen-bond acceptors (Lipinski definition) is 4. The third kappa shape index (κ3) is 1.78. The van der Waals surface area contributed by atoms with Crippen LogP contribution in [0.15, 0.2) is 6.20 Å². The maximum Gasteiger partial charge on any atom is 0.0883 e. The molecule has 2 rings (SSSR count). The van der Waals surface area contributed by atoms with Gasteiger partial charge in [-0.3, -0.25) is 4.90 Å². The molecule has 1 aliphatic rings. The van der Waals surface area contributed by atoms with Gasteiger partial charge in [-0.15, -0.1) is 11.6 Å². The molecule has 0 amide bonds. The van der Waals surface area contributed by atoms with Crippen LogP contribution in [0, 0.1) is 0 Å². The van der Waals surface area contributed by atoms with Crippen molar-refractivity contribution < 1.29 is 0 Å². The Balaban J connectivity index is 2.06. The van der Waals surface area contributed by atoms with Crippen molar-refractivity contribution in [2.24, 2.45) is 0 Å². The zero-order valence-electron chi connectivity index (χ0n) is 8.40. The lowest BCUT2D eigenvalue weighted by Gasteiger charge is -2.32. The fourth-order valence-electron chi connectivity index (χ4n) is 1.84. The monoisotopic (exact) mass is 231 g/mol. The minimum absolute atomic E-state index is 0.0746. The fraction of sp³-hybridized carbons (Fsp3) is 0.778. The largest absolute Gasteiger partial charge is 0.291 e. The van der Waals surface area contributed by atoms with E-state index in [1.54, 1.807) is 0 Å². The van der Waals surface area contributed by atoms with Gasteiger partial charge in [0.25, 0.3) is 0 Å². The first-order valence-electron chi connectivity index (χ1n) is 4.76. The molecule has 14 heavy (non-hydrogen) atoms. The summed E-state index contributed by atoms with van der Waals surface area (Å²) in [5.74, 6) is 0. The van der Waals surface area contributed by atoms with Gasteiger partial charge in [-0.1, -0.05) is 0 Å². The Morgan fingerprint density at radius 3 is 3.00 bits per heavy atom. The highest BCUT2D eigenvalue weighted by molar-refractivity contribution is 6.99. The van der Waals surface area contributed by atoms with E-state index in [0.29, 0.717) is 0 Å². The highest BCUT2D eigenvalue weighted by Crippen LogP contribution is 2.33. The van der Waals surface area contributed by atoms with Crippen molar-refractivity contribution in [1.82, 2.24) is 13.6 Å². The van der Waals surface area contributed by atoms with Gasteiger partial charge < -0.3 is 0 Å². The average Bonchev–Trinajstić information content (AvgIpc) is 2.70. The standard InChI is InChI=1S/C9H14ClN3S/c1-9(2)8(10)3-4-13(9)6-7-5-11-14-12-7/h5,8H,3-4,6H2,1-2H3. The number of likely N-dealkylation sites (tertiary alicyclic amines) is 1. The van der Waals surface area contributed by atoms with Gasteiger partial charge in [0.2, 0.25) is 0 Å². The molecule has 0 radical (unpaired) electrons. The van der Waals surface area contributed by atoms with Gasteiger partial charge >= 0.3 is 0 Å². The van der Waals surface area contributed by atoms with Crippen LogP contribution in [0.1, 0.15) is 26.0 Å². The van der Waals surface area contributed by atoms with Crippen molar-refractivity contribution in [3.63, 3.8) is 0 Å². The summed E-state index contributed by atoms with van der Waals surface area (Å²) in [5.41, 5.74) is 1.12. The van der Waals surface area contributed by atoms with Gasteiger partial charge in [0.15, 0.2) is 0 Å². The molecular weight excluding hydrogens is 218 g/mol. The van der Waals surface area contributed by atoms with Crippen LogP contribution in [0.25, 0.3) is 0 Å². The highest BCUT2D eigenvalue weighted by Gasteiger charge is 2.40. The summed E-state index contributed by atoms with van der Waals surface area (Å²) in [6, 6.07) is 0. The lowest BCUT2D eigenvalue weighted by atomic mass is 10.0. The molecule has 0 aromatic carbocycles. The SMILES string of the molecule is CC1(C)C(Cl)CCN1Cc1cnsn1. The molecule has 1 aliphatic heterocycles. The molecule has 1 fully saturated rings.